The number of alkyl halides is 1. The number of aliphatic hydroxyl groups is 1. The van der Waals surface area contributed by atoms with Crippen LogP contribution in [0.2, 0.25) is 0 Å². The normalized spacial score (nSPS) is 62.5. The molecule has 0 radical (unpaired) electrons. The minimum Gasteiger partial charge on any atom is -0.390 e. The topological polar surface area (TPSA) is 20.2 Å². The first-order valence-electron chi connectivity index (χ1n) is 5.03. The summed E-state index contributed by atoms with van der Waals surface area (Å²) in [5.74, 6) is 1.03. The van der Waals surface area contributed by atoms with Gasteiger partial charge in [0.1, 0.15) is 6.17 Å². The third-order valence-electron chi connectivity index (χ3n) is 4.13. The molecular formula is C10H15FO. The van der Waals surface area contributed by atoms with Crippen molar-refractivity contribution >= 4 is 0 Å². The SMILES string of the molecule is OC12CC3CC(C1)C(F)C(C3)C2. The van der Waals surface area contributed by atoms with Gasteiger partial charge in [-0.3, -0.25) is 0 Å². The fourth-order valence-electron chi connectivity index (χ4n) is 3.92. The largest absolute Gasteiger partial charge is 0.390 e. The van der Waals surface area contributed by atoms with E-state index in [1.807, 2.05) is 0 Å². The van der Waals surface area contributed by atoms with E-state index in [9.17, 15) is 9.50 Å². The summed E-state index contributed by atoms with van der Waals surface area (Å²) in [4.78, 5) is 0. The minimum absolute atomic E-state index is 0.196. The highest BCUT2D eigenvalue weighted by molar-refractivity contribution is 5.05. The minimum atomic E-state index is -0.596. The first-order valence-corrected chi connectivity index (χ1v) is 5.03. The molecular weight excluding hydrogens is 155 g/mol. The van der Waals surface area contributed by atoms with Gasteiger partial charge in [0.15, 0.2) is 0 Å². The van der Waals surface area contributed by atoms with E-state index in [2.05, 4.69) is 0 Å². The Hall–Kier alpha value is -0.110. The Morgan fingerprint density at radius 2 is 1.67 bits per heavy atom. The zero-order chi connectivity index (χ0) is 8.34. The van der Waals surface area contributed by atoms with Crippen LogP contribution in [0.5, 0.6) is 0 Å². The molecule has 4 saturated carbocycles. The molecule has 2 heteroatoms. The lowest BCUT2D eigenvalue weighted by atomic mass is 9.53. The number of hydrogen-bond acceptors (Lipinski definition) is 1. The van der Waals surface area contributed by atoms with Crippen molar-refractivity contribution in [2.24, 2.45) is 17.8 Å². The lowest BCUT2D eigenvalue weighted by Gasteiger charge is -2.55. The quantitative estimate of drug-likeness (QED) is 0.588. The van der Waals surface area contributed by atoms with Crippen LogP contribution < -0.4 is 0 Å². The highest BCUT2D eigenvalue weighted by atomic mass is 19.1. The molecule has 1 N–H and O–H groups in total. The van der Waals surface area contributed by atoms with Crippen molar-refractivity contribution in [1.82, 2.24) is 0 Å². The molecule has 0 saturated heterocycles. The highest BCUT2D eigenvalue weighted by Crippen LogP contribution is 2.56. The van der Waals surface area contributed by atoms with Gasteiger partial charge >= 0.3 is 0 Å². The van der Waals surface area contributed by atoms with Crippen molar-refractivity contribution in [3.63, 3.8) is 0 Å². The molecule has 4 bridgehead atoms. The Morgan fingerprint density at radius 1 is 1.08 bits per heavy atom. The molecule has 4 aliphatic rings. The summed E-state index contributed by atoms with van der Waals surface area (Å²) >= 11 is 0. The second-order valence-corrected chi connectivity index (χ2v) is 5.14. The molecule has 2 atom stereocenters. The predicted molar refractivity (Wildman–Crippen MR) is 43.4 cm³/mol. The van der Waals surface area contributed by atoms with Crippen LogP contribution in [0.4, 0.5) is 4.39 Å². The van der Waals surface area contributed by atoms with Crippen molar-refractivity contribution in [3.05, 3.63) is 0 Å². The number of hydrogen-bond donors (Lipinski definition) is 1. The summed E-state index contributed by atoms with van der Waals surface area (Å²) < 4.78 is 13.5. The van der Waals surface area contributed by atoms with E-state index >= 15 is 0 Å². The van der Waals surface area contributed by atoms with Crippen LogP contribution in [0, 0.1) is 17.8 Å². The molecule has 0 aromatic carbocycles. The Balaban J connectivity index is 1.95. The van der Waals surface area contributed by atoms with Gasteiger partial charge in [-0.25, -0.2) is 4.39 Å². The van der Waals surface area contributed by atoms with Gasteiger partial charge in [0.05, 0.1) is 5.60 Å². The van der Waals surface area contributed by atoms with E-state index in [-0.39, 0.29) is 11.8 Å². The molecule has 2 unspecified atom stereocenters. The number of halogens is 1. The average molecular weight is 170 g/mol. The van der Waals surface area contributed by atoms with Crippen LogP contribution in [-0.2, 0) is 0 Å². The van der Waals surface area contributed by atoms with Gasteiger partial charge in [-0.2, -0.15) is 0 Å². The standard InChI is InChI=1S/C10H15FO/c11-9-7-1-6-2-8(9)5-10(12,3-6)4-7/h6-9,12H,1-5H2. The lowest BCUT2D eigenvalue weighted by Crippen LogP contribution is -2.55. The molecule has 0 heterocycles. The Kier molecular flexibility index (Phi) is 1.24. The van der Waals surface area contributed by atoms with Crippen LogP contribution in [0.1, 0.15) is 32.1 Å². The molecule has 4 aliphatic carbocycles. The predicted octanol–water partition coefficient (Wildman–Crippen LogP) is 1.90. The Morgan fingerprint density at radius 3 is 2.17 bits per heavy atom. The first kappa shape index (κ1) is 7.31. The van der Waals surface area contributed by atoms with Gasteiger partial charge < -0.3 is 5.11 Å². The fraction of sp³-hybridized carbons (Fsp3) is 1.00. The van der Waals surface area contributed by atoms with E-state index < -0.39 is 11.8 Å². The maximum atomic E-state index is 13.5. The van der Waals surface area contributed by atoms with Crippen LogP contribution in [-0.4, -0.2) is 16.9 Å². The maximum absolute atomic E-state index is 13.5. The third-order valence-corrected chi connectivity index (χ3v) is 4.13. The van der Waals surface area contributed by atoms with Gasteiger partial charge in [-0.1, -0.05) is 0 Å². The Bertz CT molecular complexity index is 200. The van der Waals surface area contributed by atoms with Gasteiger partial charge in [0.2, 0.25) is 0 Å². The fourth-order valence-corrected chi connectivity index (χ4v) is 3.92. The molecule has 0 aromatic rings. The molecule has 12 heavy (non-hydrogen) atoms. The summed E-state index contributed by atoms with van der Waals surface area (Å²) in [5.41, 5.74) is -0.459. The Labute approximate surface area is 72.0 Å². The highest BCUT2D eigenvalue weighted by Gasteiger charge is 2.54. The van der Waals surface area contributed by atoms with Gasteiger partial charge in [0.25, 0.3) is 0 Å². The molecule has 4 fully saturated rings. The van der Waals surface area contributed by atoms with E-state index in [4.69, 9.17) is 0 Å². The summed E-state index contributed by atoms with van der Waals surface area (Å²) in [6, 6.07) is 0. The van der Waals surface area contributed by atoms with Crippen molar-refractivity contribution < 1.29 is 9.50 Å². The lowest BCUT2D eigenvalue weighted by molar-refractivity contribution is -0.156. The number of rotatable bonds is 0. The molecule has 0 amide bonds. The summed E-state index contributed by atoms with van der Waals surface area (Å²) in [5, 5.41) is 10.1. The van der Waals surface area contributed by atoms with E-state index in [0.29, 0.717) is 5.92 Å². The van der Waals surface area contributed by atoms with Crippen LogP contribution in [0.25, 0.3) is 0 Å². The van der Waals surface area contributed by atoms with Gasteiger partial charge in [0, 0.05) is 0 Å². The molecule has 0 aromatic heterocycles. The van der Waals surface area contributed by atoms with Crippen LogP contribution in [0.3, 0.4) is 0 Å². The third kappa shape index (κ3) is 0.819. The molecule has 0 aliphatic heterocycles. The molecule has 1 nitrogen and oxygen atoms in total. The van der Waals surface area contributed by atoms with Gasteiger partial charge in [-0.15, -0.1) is 0 Å². The second-order valence-electron chi connectivity index (χ2n) is 5.14. The van der Waals surface area contributed by atoms with Crippen molar-refractivity contribution in [3.8, 4) is 0 Å². The summed E-state index contributed by atoms with van der Waals surface area (Å²) in [6.07, 6.45) is 3.91. The van der Waals surface area contributed by atoms with E-state index in [1.165, 1.54) is 0 Å². The smallest absolute Gasteiger partial charge is 0.106 e. The second kappa shape index (κ2) is 2.03. The zero-order valence-electron chi connectivity index (χ0n) is 7.17. The molecule has 0 spiro atoms. The van der Waals surface area contributed by atoms with Crippen molar-refractivity contribution in [2.45, 2.75) is 43.9 Å². The summed E-state index contributed by atoms with van der Waals surface area (Å²) in [6.45, 7) is 0. The molecule has 4 rings (SSSR count). The van der Waals surface area contributed by atoms with Crippen LogP contribution in [0.15, 0.2) is 0 Å². The average Bonchev–Trinajstić information content (AvgIpc) is 1.96. The van der Waals surface area contributed by atoms with Crippen LogP contribution >= 0.6 is 0 Å². The molecule has 68 valence electrons. The zero-order valence-corrected chi connectivity index (χ0v) is 7.17. The van der Waals surface area contributed by atoms with E-state index in [1.54, 1.807) is 0 Å². The van der Waals surface area contributed by atoms with Crippen molar-refractivity contribution in [2.75, 3.05) is 0 Å². The maximum Gasteiger partial charge on any atom is 0.106 e. The van der Waals surface area contributed by atoms with E-state index in [0.717, 1.165) is 32.1 Å². The van der Waals surface area contributed by atoms with Crippen molar-refractivity contribution in [1.29, 1.82) is 0 Å². The first-order chi connectivity index (χ1) is 5.66. The summed E-state index contributed by atoms with van der Waals surface area (Å²) in [7, 11) is 0. The monoisotopic (exact) mass is 170 g/mol. The van der Waals surface area contributed by atoms with Gasteiger partial charge in [-0.05, 0) is 49.9 Å².